The van der Waals surface area contributed by atoms with E-state index in [0.717, 1.165) is 26.6 Å². The standard InChI is InChI=1S/C11H11BrClN3/c1-7-4-8(12)10(5-9(7)13)16-6-11-14-2-3-15-11/h2-5,16H,6H2,1H3,(H,14,15). The maximum Gasteiger partial charge on any atom is 0.125 e. The van der Waals surface area contributed by atoms with Crippen LogP contribution >= 0.6 is 27.5 Å². The van der Waals surface area contributed by atoms with Gasteiger partial charge < -0.3 is 10.3 Å². The smallest absolute Gasteiger partial charge is 0.125 e. The summed E-state index contributed by atoms with van der Waals surface area (Å²) in [6.07, 6.45) is 3.53. The van der Waals surface area contributed by atoms with Crippen LogP contribution in [0.2, 0.25) is 5.02 Å². The molecule has 2 N–H and O–H groups in total. The Labute approximate surface area is 107 Å². The monoisotopic (exact) mass is 299 g/mol. The van der Waals surface area contributed by atoms with Crippen LogP contribution in [0.15, 0.2) is 29.0 Å². The van der Waals surface area contributed by atoms with Gasteiger partial charge in [-0.25, -0.2) is 4.98 Å². The van der Waals surface area contributed by atoms with E-state index in [-0.39, 0.29) is 0 Å². The van der Waals surface area contributed by atoms with E-state index in [1.807, 2.05) is 19.1 Å². The molecule has 1 aromatic carbocycles. The molecule has 0 aliphatic heterocycles. The summed E-state index contributed by atoms with van der Waals surface area (Å²) in [6, 6.07) is 3.90. The van der Waals surface area contributed by atoms with Crippen LogP contribution in [0.5, 0.6) is 0 Å². The number of imidazole rings is 1. The van der Waals surface area contributed by atoms with E-state index in [2.05, 4.69) is 31.2 Å². The Morgan fingerprint density at radius 3 is 3.00 bits per heavy atom. The topological polar surface area (TPSA) is 40.7 Å². The highest BCUT2D eigenvalue weighted by atomic mass is 79.9. The van der Waals surface area contributed by atoms with Crippen molar-refractivity contribution in [1.82, 2.24) is 9.97 Å². The number of nitrogens with zero attached hydrogens (tertiary/aromatic N) is 1. The van der Waals surface area contributed by atoms with Crippen molar-refractivity contribution < 1.29 is 0 Å². The number of benzene rings is 1. The van der Waals surface area contributed by atoms with Crippen LogP contribution in [-0.2, 0) is 6.54 Å². The predicted molar refractivity (Wildman–Crippen MR) is 69.8 cm³/mol. The molecular formula is C11H11BrClN3. The summed E-state index contributed by atoms with van der Waals surface area (Å²) >= 11 is 9.56. The van der Waals surface area contributed by atoms with Crippen molar-refractivity contribution in [2.75, 3.05) is 5.32 Å². The maximum atomic E-state index is 6.06. The van der Waals surface area contributed by atoms with Crippen molar-refractivity contribution in [3.63, 3.8) is 0 Å². The zero-order valence-corrected chi connectivity index (χ0v) is 11.1. The first-order valence-electron chi connectivity index (χ1n) is 4.84. The van der Waals surface area contributed by atoms with E-state index >= 15 is 0 Å². The second-order valence-corrected chi connectivity index (χ2v) is 4.73. The van der Waals surface area contributed by atoms with Gasteiger partial charge in [0.15, 0.2) is 0 Å². The van der Waals surface area contributed by atoms with Gasteiger partial charge in [0.05, 0.1) is 12.2 Å². The molecule has 0 spiro atoms. The average Bonchev–Trinajstić information content (AvgIpc) is 2.74. The Kier molecular flexibility index (Phi) is 3.51. The predicted octanol–water partition coefficient (Wildman–Crippen LogP) is 3.75. The zero-order valence-electron chi connectivity index (χ0n) is 8.72. The Morgan fingerprint density at radius 1 is 1.50 bits per heavy atom. The lowest BCUT2D eigenvalue weighted by molar-refractivity contribution is 0.999. The Bertz CT molecular complexity index is 482. The molecule has 16 heavy (non-hydrogen) atoms. The Hall–Kier alpha value is -1.00. The second-order valence-electron chi connectivity index (χ2n) is 3.47. The quantitative estimate of drug-likeness (QED) is 0.906. The first-order chi connectivity index (χ1) is 7.66. The molecular weight excluding hydrogens is 289 g/mol. The molecule has 0 bridgehead atoms. The van der Waals surface area contributed by atoms with E-state index in [1.165, 1.54) is 0 Å². The fourth-order valence-corrected chi connectivity index (χ4v) is 2.12. The molecule has 0 unspecified atom stereocenters. The van der Waals surface area contributed by atoms with Crippen molar-refractivity contribution in [3.05, 3.63) is 45.4 Å². The van der Waals surface area contributed by atoms with Gasteiger partial charge in [0, 0.05) is 21.9 Å². The zero-order chi connectivity index (χ0) is 11.5. The molecule has 0 saturated carbocycles. The molecule has 0 atom stereocenters. The lowest BCUT2D eigenvalue weighted by Crippen LogP contribution is -2.02. The average molecular weight is 301 g/mol. The molecule has 2 rings (SSSR count). The lowest BCUT2D eigenvalue weighted by atomic mass is 10.2. The van der Waals surface area contributed by atoms with Gasteiger partial charge in [0.25, 0.3) is 0 Å². The van der Waals surface area contributed by atoms with Crippen LogP contribution < -0.4 is 5.32 Å². The van der Waals surface area contributed by atoms with Gasteiger partial charge in [-0.3, -0.25) is 0 Å². The van der Waals surface area contributed by atoms with Crippen molar-refractivity contribution in [2.24, 2.45) is 0 Å². The van der Waals surface area contributed by atoms with E-state index < -0.39 is 0 Å². The third-order valence-electron chi connectivity index (χ3n) is 2.25. The summed E-state index contributed by atoms with van der Waals surface area (Å²) in [5.41, 5.74) is 2.02. The minimum Gasteiger partial charge on any atom is -0.377 e. The molecule has 0 saturated heterocycles. The summed E-state index contributed by atoms with van der Waals surface area (Å²) in [5.74, 6) is 0.892. The summed E-state index contributed by atoms with van der Waals surface area (Å²) < 4.78 is 1.00. The summed E-state index contributed by atoms with van der Waals surface area (Å²) in [6.45, 7) is 2.62. The van der Waals surface area contributed by atoms with E-state index in [1.54, 1.807) is 12.4 Å². The molecule has 1 aromatic heterocycles. The van der Waals surface area contributed by atoms with Crippen LogP contribution in [0, 0.1) is 6.92 Å². The maximum absolute atomic E-state index is 6.06. The first-order valence-corrected chi connectivity index (χ1v) is 6.01. The Morgan fingerprint density at radius 2 is 2.31 bits per heavy atom. The number of hydrogen-bond donors (Lipinski definition) is 2. The third-order valence-corrected chi connectivity index (χ3v) is 3.31. The van der Waals surface area contributed by atoms with Gasteiger partial charge in [0.2, 0.25) is 0 Å². The SMILES string of the molecule is Cc1cc(Br)c(NCc2ncc[nH]2)cc1Cl. The number of aryl methyl sites for hydroxylation is 1. The van der Waals surface area contributed by atoms with Crippen molar-refractivity contribution in [1.29, 1.82) is 0 Å². The molecule has 0 radical (unpaired) electrons. The van der Waals surface area contributed by atoms with Gasteiger partial charge in [0.1, 0.15) is 5.82 Å². The number of aromatic amines is 1. The van der Waals surface area contributed by atoms with Gasteiger partial charge in [-0.15, -0.1) is 0 Å². The minimum absolute atomic E-state index is 0.644. The highest BCUT2D eigenvalue weighted by Crippen LogP contribution is 2.29. The van der Waals surface area contributed by atoms with E-state index in [4.69, 9.17) is 11.6 Å². The van der Waals surface area contributed by atoms with Gasteiger partial charge in [-0.2, -0.15) is 0 Å². The lowest BCUT2D eigenvalue weighted by Gasteiger charge is -2.09. The van der Waals surface area contributed by atoms with Crippen molar-refractivity contribution >= 4 is 33.2 Å². The van der Waals surface area contributed by atoms with E-state index in [0.29, 0.717) is 6.54 Å². The van der Waals surface area contributed by atoms with Crippen LogP contribution in [0.4, 0.5) is 5.69 Å². The molecule has 3 nitrogen and oxygen atoms in total. The fourth-order valence-electron chi connectivity index (χ4n) is 1.36. The molecule has 1 heterocycles. The normalized spacial score (nSPS) is 10.4. The molecule has 2 aromatic rings. The Balaban J connectivity index is 2.12. The summed E-state index contributed by atoms with van der Waals surface area (Å²) in [4.78, 5) is 7.17. The second kappa shape index (κ2) is 4.89. The van der Waals surface area contributed by atoms with E-state index in [9.17, 15) is 0 Å². The van der Waals surface area contributed by atoms with Crippen molar-refractivity contribution in [2.45, 2.75) is 13.5 Å². The minimum atomic E-state index is 0.644. The highest BCUT2D eigenvalue weighted by molar-refractivity contribution is 9.10. The van der Waals surface area contributed by atoms with Gasteiger partial charge in [-0.05, 0) is 40.5 Å². The highest BCUT2D eigenvalue weighted by Gasteiger charge is 2.04. The van der Waals surface area contributed by atoms with Crippen LogP contribution in [0.1, 0.15) is 11.4 Å². The number of anilines is 1. The molecule has 0 aliphatic carbocycles. The molecule has 84 valence electrons. The van der Waals surface area contributed by atoms with Gasteiger partial charge in [-0.1, -0.05) is 11.6 Å². The van der Waals surface area contributed by atoms with Crippen molar-refractivity contribution in [3.8, 4) is 0 Å². The molecule has 5 heteroatoms. The number of aromatic nitrogens is 2. The number of hydrogen-bond acceptors (Lipinski definition) is 2. The summed E-state index contributed by atoms with van der Waals surface area (Å²) in [7, 11) is 0. The molecule has 0 fully saturated rings. The van der Waals surface area contributed by atoms with Crippen LogP contribution in [0.25, 0.3) is 0 Å². The largest absolute Gasteiger partial charge is 0.377 e. The number of halogens is 2. The number of rotatable bonds is 3. The fraction of sp³-hybridized carbons (Fsp3) is 0.182. The van der Waals surface area contributed by atoms with Crippen LogP contribution in [-0.4, -0.2) is 9.97 Å². The van der Waals surface area contributed by atoms with Crippen LogP contribution in [0.3, 0.4) is 0 Å². The third kappa shape index (κ3) is 2.57. The van der Waals surface area contributed by atoms with Gasteiger partial charge >= 0.3 is 0 Å². The summed E-state index contributed by atoms with van der Waals surface area (Å²) in [5, 5.41) is 4.01. The number of H-pyrrole nitrogens is 1. The molecule has 0 amide bonds. The molecule has 0 aliphatic rings. The number of nitrogens with one attached hydrogen (secondary N) is 2. The first kappa shape index (κ1) is 11.5.